The van der Waals surface area contributed by atoms with Gasteiger partial charge in [0.05, 0.1) is 6.61 Å². The van der Waals surface area contributed by atoms with Gasteiger partial charge in [-0.3, -0.25) is 9.59 Å². The minimum atomic E-state index is -0.948. The number of carbonyl (C=O) groups is 3. The van der Waals surface area contributed by atoms with E-state index in [0.29, 0.717) is 0 Å². The maximum absolute atomic E-state index is 13.7. The van der Waals surface area contributed by atoms with Crippen molar-refractivity contribution < 1.29 is 24.2 Å². The molecule has 1 saturated carbocycles. The van der Waals surface area contributed by atoms with E-state index in [0.717, 1.165) is 48.8 Å². The number of ether oxygens (including phenoxy) is 1. The zero-order chi connectivity index (χ0) is 25.5. The number of rotatable bonds is 8. The lowest BCUT2D eigenvalue weighted by Gasteiger charge is -2.36. The van der Waals surface area contributed by atoms with Gasteiger partial charge in [0, 0.05) is 12.6 Å². The Balaban J connectivity index is 2.38. The normalized spacial score (nSPS) is 16.3. The molecule has 1 aliphatic rings. The van der Waals surface area contributed by atoms with Gasteiger partial charge in [0.25, 0.3) is 0 Å². The molecular weight excluding hydrogens is 434 g/mol. The Morgan fingerprint density at radius 1 is 1.12 bits per heavy atom. The van der Waals surface area contributed by atoms with Crippen LogP contribution in [-0.4, -0.2) is 58.8 Å². The lowest BCUT2D eigenvalue weighted by Crippen LogP contribution is -2.53. The van der Waals surface area contributed by atoms with E-state index in [1.165, 1.54) is 4.90 Å². The molecule has 0 radical (unpaired) electrons. The highest BCUT2D eigenvalue weighted by Gasteiger charge is 2.36. The molecule has 0 bridgehead atoms. The molecule has 2 unspecified atom stereocenters. The summed E-state index contributed by atoms with van der Waals surface area (Å²) in [6, 6.07) is 3.92. The Morgan fingerprint density at radius 2 is 1.71 bits per heavy atom. The first-order valence-corrected chi connectivity index (χ1v) is 12.2. The zero-order valence-corrected chi connectivity index (χ0v) is 21.4. The summed E-state index contributed by atoms with van der Waals surface area (Å²) in [6.45, 7) is 10.2. The fourth-order valence-electron chi connectivity index (χ4n) is 4.48. The van der Waals surface area contributed by atoms with Crippen LogP contribution < -0.4 is 10.6 Å². The number of nitrogens with one attached hydrogen (secondary N) is 2. The van der Waals surface area contributed by atoms with Crippen LogP contribution in [0.5, 0.6) is 0 Å². The monoisotopic (exact) mass is 475 g/mol. The summed E-state index contributed by atoms with van der Waals surface area (Å²) in [4.78, 5) is 40.8. The molecule has 190 valence electrons. The van der Waals surface area contributed by atoms with Crippen molar-refractivity contribution >= 4 is 17.9 Å². The van der Waals surface area contributed by atoms with Crippen molar-refractivity contribution in [1.29, 1.82) is 0 Å². The maximum Gasteiger partial charge on any atom is 0.408 e. The number of benzene rings is 1. The van der Waals surface area contributed by atoms with E-state index in [2.05, 4.69) is 10.6 Å². The molecule has 2 rings (SSSR count). The Hall–Kier alpha value is -2.61. The van der Waals surface area contributed by atoms with Crippen LogP contribution in [0.15, 0.2) is 18.2 Å². The fraction of sp³-hybridized carbons (Fsp3) is 0.654. The molecule has 8 heteroatoms. The molecule has 1 fully saturated rings. The molecule has 2 atom stereocenters. The average Bonchev–Trinajstić information content (AvgIpc) is 2.74. The van der Waals surface area contributed by atoms with E-state index in [4.69, 9.17) is 4.74 Å². The summed E-state index contributed by atoms with van der Waals surface area (Å²) >= 11 is 0. The molecule has 1 aliphatic carbocycles. The van der Waals surface area contributed by atoms with E-state index in [1.54, 1.807) is 27.7 Å². The number of nitrogens with zero attached hydrogens (tertiary/aromatic N) is 1. The second-order valence-electron chi connectivity index (χ2n) is 10.2. The molecule has 34 heavy (non-hydrogen) atoms. The maximum atomic E-state index is 13.7. The van der Waals surface area contributed by atoms with E-state index < -0.39 is 29.7 Å². The van der Waals surface area contributed by atoms with Gasteiger partial charge >= 0.3 is 6.09 Å². The summed E-state index contributed by atoms with van der Waals surface area (Å²) in [5.74, 6) is -0.734. The molecular formula is C26H41N3O5. The number of hydrogen-bond donors (Lipinski definition) is 3. The molecule has 0 heterocycles. The van der Waals surface area contributed by atoms with Crippen LogP contribution in [0, 0.1) is 13.8 Å². The molecule has 0 spiro atoms. The number of carbonyl (C=O) groups excluding carboxylic acids is 3. The van der Waals surface area contributed by atoms with Crippen LogP contribution in [0.4, 0.5) is 4.79 Å². The number of alkyl carbamates (subject to hydrolysis) is 1. The first-order valence-electron chi connectivity index (χ1n) is 12.2. The number of aliphatic hydroxyl groups excluding tert-OH is 1. The van der Waals surface area contributed by atoms with Gasteiger partial charge < -0.3 is 25.4 Å². The van der Waals surface area contributed by atoms with Gasteiger partial charge in [-0.1, -0.05) is 37.5 Å². The Kier molecular flexibility index (Phi) is 9.91. The van der Waals surface area contributed by atoms with Crippen molar-refractivity contribution in [2.75, 3.05) is 13.2 Å². The first kappa shape index (κ1) is 27.6. The van der Waals surface area contributed by atoms with Crippen molar-refractivity contribution in [2.45, 2.75) is 97.4 Å². The fourth-order valence-corrected chi connectivity index (χ4v) is 4.48. The molecule has 1 aromatic rings. The largest absolute Gasteiger partial charge is 0.444 e. The third-order valence-corrected chi connectivity index (χ3v) is 6.05. The molecule has 3 N–H and O–H groups in total. The van der Waals surface area contributed by atoms with Gasteiger partial charge in [-0.05, 0) is 71.1 Å². The van der Waals surface area contributed by atoms with Gasteiger partial charge in [0.15, 0.2) is 0 Å². The highest BCUT2D eigenvalue weighted by atomic mass is 16.6. The number of aliphatic hydroxyl groups is 1. The minimum Gasteiger partial charge on any atom is -0.444 e. The van der Waals surface area contributed by atoms with Crippen LogP contribution >= 0.6 is 0 Å². The number of aryl methyl sites for hydroxylation is 2. The van der Waals surface area contributed by atoms with Crippen molar-refractivity contribution in [3.63, 3.8) is 0 Å². The van der Waals surface area contributed by atoms with Crippen LogP contribution in [-0.2, 0) is 14.3 Å². The average molecular weight is 476 g/mol. The number of amides is 3. The zero-order valence-electron chi connectivity index (χ0n) is 21.4. The van der Waals surface area contributed by atoms with Crippen LogP contribution in [0.1, 0.15) is 82.5 Å². The summed E-state index contributed by atoms with van der Waals surface area (Å²) < 4.78 is 5.28. The van der Waals surface area contributed by atoms with Gasteiger partial charge in [-0.2, -0.15) is 0 Å². The van der Waals surface area contributed by atoms with Crippen LogP contribution in [0.3, 0.4) is 0 Å². The van der Waals surface area contributed by atoms with Crippen molar-refractivity contribution in [3.8, 4) is 0 Å². The SMILES string of the molecule is Cc1cccc(C)c1C(C(=O)NC1CCCCC1)N(CCO)C(=O)C(C)NC(=O)OC(C)(C)C. The Labute approximate surface area is 203 Å². The molecule has 3 amide bonds. The summed E-state index contributed by atoms with van der Waals surface area (Å²) in [5, 5.41) is 15.5. The lowest BCUT2D eigenvalue weighted by molar-refractivity contribution is -0.143. The predicted molar refractivity (Wildman–Crippen MR) is 131 cm³/mol. The van der Waals surface area contributed by atoms with Gasteiger partial charge in [-0.15, -0.1) is 0 Å². The Bertz CT molecular complexity index is 838. The molecule has 8 nitrogen and oxygen atoms in total. The number of hydrogen-bond acceptors (Lipinski definition) is 5. The highest BCUT2D eigenvalue weighted by molar-refractivity contribution is 5.92. The van der Waals surface area contributed by atoms with E-state index >= 15 is 0 Å². The Morgan fingerprint density at radius 3 is 2.24 bits per heavy atom. The first-order chi connectivity index (χ1) is 15.9. The predicted octanol–water partition coefficient (Wildman–Crippen LogP) is 3.53. The molecule has 0 saturated heterocycles. The highest BCUT2D eigenvalue weighted by Crippen LogP contribution is 2.29. The van der Waals surface area contributed by atoms with Crippen molar-refractivity contribution in [3.05, 3.63) is 34.9 Å². The summed E-state index contributed by atoms with van der Waals surface area (Å²) in [7, 11) is 0. The minimum absolute atomic E-state index is 0.0459. The van der Waals surface area contributed by atoms with Crippen molar-refractivity contribution in [2.24, 2.45) is 0 Å². The second kappa shape index (κ2) is 12.2. The van der Waals surface area contributed by atoms with Crippen LogP contribution in [0.25, 0.3) is 0 Å². The lowest BCUT2D eigenvalue weighted by atomic mass is 9.92. The van der Waals surface area contributed by atoms with Gasteiger partial charge in [-0.25, -0.2) is 4.79 Å². The van der Waals surface area contributed by atoms with Crippen molar-refractivity contribution in [1.82, 2.24) is 15.5 Å². The molecule has 1 aromatic carbocycles. The smallest absolute Gasteiger partial charge is 0.408 e. The van der Waals surface area contributed by atoms with E-state index in [1.807, 2.05) is 32.0 Å². The van der Waals surface area contributed by atoms with Crippen LogP contribution in [0.2, 0.25) is 0 Å². The summed E-state index contributed by atoms with van der Waals surface area (Å²) in [5.41, 5.74) is 1.79. The third kappa shape index (κ3) is 7.72. The topological polar surface area (TPSA) is 108 Å². The quantitative estimate of drug-likeness (QED) is 0.533. The van der Waals surface area contributed by atoms with E-state index in [-0.39, 0.29) is 25.1 Å². The van der Waals surface area contributed by atoms with Gasteiger partial charge in [0.1, 0.15) is 17.7 Å². The van der Waals surface area contributed by atoms with E-state index in [9.17, 15) is 19.5 Å². The standard InChI is InChI=1S/C26H41N3O5/c1-17-11-10-12-18(2)21(17)22(23(31)28-20-13-8-7-9-14-20)29(15-16-30)24(32)19(3)27-25(33)34-26(4,5)6/h10-12,19-20,22,30H,7-9,13-16H2,1-6H3,(H,27,33)(H,28,31). The van der Waals surface area contributed by atoms with Gasteiger partial charge in [0.2, 0.25) is 11.8 Å². The molecule has 0 aliphatic heterocycles. The summed E-state index contributed by atoms with van der Waals surface area (Å²) in [6.07, 6.45) is 4.40. The third-order valence-electron chi connectivity index (χ3n) is 6.05. The second-order valence-corrected chi connectivity index (χ2v) is 10.2. The molecule has 0 aromatic heterocycles.